The maximum atomic E-state index is 13.2. The fraction of sp³-hybridized carbons (Fsp3) is 0.241. The van der Waals surface area contributed by atoms with Crippen molar-refractivity contribution >= 4 is 35.3 Å². The summed E-state index contributed by atoms with van der Waals surface area (Å²) in [7, 11) is 3.17. The van der Waals surface area contributed by atoms with Crippen molar-refractivity contribution in [2.45, 2.75) is 11.4 Å². The molecule has 0 aromatic heterocycles. The van der Waals surface area contributed by atoms with Gasteiger partial charge in [0.1, 0.15) is 6.54 Å². The SMILES string of the molecule is COc1ccc(C=C2Sc3ccc(C(=O)N4CC[NH+](Cc5ccccc5)CC4)cc3NC2=O)cc1OC. The maximum absolute atomic E-state index is 13.2. The fourth-order valence-electron chi connectivity index (χ4n) is 4.66. The van der Waals surface area contributed by atoms with Crippen molar-refractivity contribution in [3.63, 3.8) is 0 Å². The number of hydrogen-bond donors (Lipinski definition) is 2. The van der Waals surface area contributed by atoms with E-state index in [1.807, 2.05) is 47.4 Å². The van der Waals surface area contributed by atoms with Crippen LogP contribution in [0.2, 0.25) is 0 Å². The van der Waals surface area contributed by atoms with E-state index in [0.29, 0.717) is 27.7 Å². The number of anilines is 1. The molecule has 2 aliphatic heterocycles. The van der Waals surface area contributed by atoms with Gasteiger partial charge in [0.15, 0.2) is 11.5 Å². The number of nitrogens with one attached hydrogen (secondary N) is 2. The molecule has 2 N–H and O–H groups in total. The van der Waals surface area contributed by atoms with Crippen LogP contribution in [0.5, 0.6) is 11.5 Å². The quantitative estimate of drug-likeness (QED) is 0.492. The lowest BCUT2D eigenvalue weighted by Gasteiger charge is -2.32. The third-order valence-corrected chi connectivity index (χ3v) is 7.78. The summed E-state index contributed by atoms with van der Waals surface area (Å²) in [5, 5.41) is 2.96. The highest BCUT2D eigenvalue weighted by molar-refractivity contribution is 8.04. The zero-order chi connectivity index (χ0) is 25.8. The molecule has 0 radical (unpaired) electrons. The van der Waals surface area contributed by atoms with E-state index in [4.69, 9.17) is 9.47 Å². The van der Waals surface area contributed by atoms with Gasteiger partial charge < -0.3 is 24.6 Å². The van der Waals surface area contributed by atoms with Crippen LogP contribution in [0.4, 0.5) is 5.69 Å². The van der Waals surface area contributed by atoms with Crippen LogP contribution in [0.1, 0.15) is 21.5 Å². The number of quaternary nitrogens is 1. The molecular weight excluding hydrogens is 486 g/mol. The molecule has 0 bridgehead atoms. The first-order chi connectivity index (χ1) is 18.0. The van der Waals surface area contributed by atoms with Crippen LogP contribution >= 0.6 is 11.8 Å². The standard InChI is InChI=1S/C29H29N3O4S/c1-35-24-10-8-21(16-25(24)36-2)17-27-28(33)30-23-18-22(9-11-26(23)37-27)29(34)32-14-12-31(13-15-32)19-20-6-4-3-5-7-20/h3-11,16-18H,12-15,19H2,1-2H3,(H,30,33)/p+1. The maximum Gasteiger partial charge on any atom is 0.262 e. The molecule has 1 fully saturated rings. The summed E-state index contributed by atoms with van der Waals surface area (Å²) in [6.45, 7) is 4.25. The molecule has 0 aliphatic carbocycles. The largest absolute Gasteiger partial charge is 0.493 e. The highest BCUT2D eigenvalue weighted by atomic mass is 32.2. The van der Waals surface area contributed by atoms with E-state index in [1.54, 1.807) is 20.3 Å². The summed E-state index contributed by atoms with van der Waals surface area (Å²) >= 11 is 1.39. The Morgan fingerprint density at radius 3 is 2.49 bits per heavy atom. The number of piperazine rings is 1. The average Bonchev–Trinajstić information content (AvgIpc) is 2.93. The van der Waals surface area contributed by atoms with E-state index >= 15 is 0 Å². The first-order valence-electron chi connectivity index (χ1n) is 12.3. The molecule has 8 heteroatoms. The lowest BCUT2D eigenvalue weighted by Crippen LogP contribution is -3.13. The number of hydrogen-bond acceptors (Lipinski definition) is 5. The predicted octanol–water partition coefficient (Wildman–Crippen LogP) is 3.33. The Labute approximate surface area is 221 Å². The van der Waals surface area contributed by atoms with Crippen molar-refractivity contribution in [3.05, 3.63) is 88.3 Å². The van der Waals surface area contributed by atoms with E-state index in [-0.39, 0.29) is 11.8 Å². The van der Waals surface area contributed by atoms with Gasteiger partial charge in [-0.15, -0.1) is 0 Å². The topological polar surface area (TPSA) is 72.3 Å². The number of thioether (sulfide) groups is 1. The number of carbonyl (C=O) groups is 2. The molecule has 2 aliphatic rings. The molecule has 0 saturated carbocycles. The molecule has 0 unspecified atom stereocenters. The van der Waals surface area contributed by atoms with Crippen LogP contribution in [-0.2, 0) is 11.3 Å². The smallest absolute Gasteiger partial charge is 0.262 e. The van der Waals surface area contributed by atoms with E-state index in [1.165, 1.54) is 22.2 Å². The molecule has 7 nitrogen and oxygen atoms in total. The zero-order valence-corrected chi connectivity index (χ0v) is 21.8. The molecule has 37 heavy (non-hydrogen) atoms. The molecule has 2 heterocycles. The Morgan fingerprint density at radius 2 is 1.76 bits per heavy atom. The second-order valence-electron chi connectivity index (χ2n) is 9.09. The lowest BCUT2D eigenvalue weighted by molar-refractivity contribution is -0.917. The zero-order valence-electron chi connectivity index (χ0n) is 21.0. The average molecular weight is 517 g/mol. The van der Waals surface area contributed by atoms with Crippen molar-refractivity contribution < 1.29 is 24.0 Å². The van der Waals surface area contributed by atoms with Crippen molar-refractivity contribution in [2.24, 2.45) is 0 Å². The Balaban J connectivity index is 1.24. The third kappa shape index (κ3) is 5.65. The highest BCUT2D eigenvalue weighted by Gasteiger charge is 2.27. The van der Waals surface area contributed by atoms with E-state index < -0.39 is 0 Å². The van der Waals surface area contributed by atoms with Crippen molar-refractivity contribution in [3.8, 4) is 11.5 Å². The number of benzene rings is 3. The summed E-state index contributed by atoms with van der Waals surface area (Å²) in [5.41, 5.74) is 3.41. The summed E-state index contributed by atoms with van der Waals surface area (Å²) in [6, 6.07) is 21.5. The molecular formula is C29H30N3O4S+. The lowest BCUT2D eigenvalue weighted by atomic mass is 10.1. The Kier molecular flexibility index (Phi) is 7.48. The Bertz CT molecular complexity index is 1330. The van der Waals surface area contributed by atoms with E-state index in [9.17, 15) is 9.59 Å². The van der Waals surface area contributed by atoms with Gasteiger partial charge in [-0.25, -0.2) is 0 Å². The molecule has 3 aromatic carbocycles. The third-order valence-electron chi connectivity index (χ3n) is 6.68. The van der Waals surface area contributed by atoms with E-state index in [0.717, 1.165) is 43.2 Å². The van der Waals surface area contributed by atoms with Crippen LogP contribution < -0.4 is 19.7 Å². The van der Waals surface area contributed by atoms with Gasteiger partial charge in [-0.3, -0.25) is 9.59 Å². The molecule has 0 spiro atoms. The van der Waals surface area contributed by atoms with Crippen molar-refractivity contribution in [1.82, 2.24) is 4.90 Å². The molecule has 3 aromatic rings. The molecule has 5 rings (SSSR count). The second kappa shape index (κ2) is 11.1. The van der Waals surface area contributed by atoms with Gasteiger partial charge in [0.25, 0.3) is 11.8 Å². The monoisotopic (exact) mass is 516 g/mol. The van der Waals surface area contributed by atoms with Crippen molar-refractivity contribution in [1.29, 1.82) is 0 Å². The number of ether oxygens (including phenoxy) is 2. The molecule has 2 amide bonds. The van der Waals surface area contributed by atoms with Gasteiger partial charge in [-0.2, -0.15) is 0 Å². The van der Waals surface area contributed by atoms with Crippen LogP contribution in [0.25, 0.3) is 6.08 Å². The minimum Gasteiger partial charge on any atom is -0.493 e. The van der Waals surface area contributed by atoms with Crippen LogP contribution in [0.15, 0.2) is 76.5 Å². The molecule has 190 valence electrons. The number of fused-ring (bicyclic) bond motifs is 1. The summed E-state index contributed by atoms with van der Waals surface area (Å²) in [6.07, 6.45) is 1.82. The Morgan fingerprint density at radius 1 is 1.00 bits per heavy atom. The van der Waals surface area contributed by atoms with Gasteiger partial charge in [-0.05, 0) is 42.0 Å². The normalized spacial score (nSPS) is 16.8. The number of amides is 2. The van der Waals surface area contributed by atoms with Gasteiger partial charge >= 0.3 is 0 Å². The van der Waals surface area contributed by atoms with Gasteiger partial charge in [0.2, 0.25) is 0 Å². The number of methoxy groups -OCH3 is 2. The first kappa shape index (κ1) is 24.9. The van der Waals surface area contributed by atoms with Crippen molar-refractivity contribution in [2.75, 3.05) is 45.7 Å². The summed E-state index contributed by atoms with van der Waals surface area (Å²) in [5.74, 6) is 1.04. The predicted molar refractivity (Wildman–Crippen MR) is 145 cm³/mol. The van der Waals surface area contributed by atoms with Gasteiger partial charge in [0, 0.05) is 16.0 Å². The fourth-order valence-corrected chi connectivity index (χ4v) is 5.59. The number of nitrogens with zero attached hydrogens (tertiary/aromatic N) is 1. The Hall–Kier alpha value is -3.75. The van der Waals surface area contributed by atoms with E-state index in [2.05, 4.69) is 29.6 Å². The number of carbonyl (C=O) groups excluding carboxylic acids is 2. The minimum absolute atomic E-state index is 0.00692. The molecule has 0 atom stereocenters. The summed E-state index contributed by atoms with van der Waals surface area (Å²) < 4.78 is 10.7. The second-order valence-corrected chi connectivity index (χ2v) is 10.2. The highest BCUT2D eigenvalue weighted by Crippen LogP contribution is 2.40. The minimum atomic E-state index is -0.199. The van der Waals surface area contributed by atoms with Crippen LogP contribution in [0.3, 0.4) is 0 Å². The van der Waals surface area contributed by atoms with Crippen LogP contribution in [-0.4, -0.2) is 57.1 Å². The van der Waals surface area contributed by atoms with Gasteiger partial charge in [0.05, 0.1) is 51.0 Å². The van der Waals surface area contributed by atoms with Gasteiger partial charge in [-0.1, -0.05) is 48.2 Å². The summed E-state index contributed by atoms with van der Waals surface area (Å²) in [4.78, 5) is 30.9. The molecule has 1 saturated heterocycles. The number of rotatable bonds is 6. The first-order valence-corrected chi connectivity index (χ1v) is 13.1. The van der Waals surface area contributed by atoms with Crippen LogP contribution in [0, 0.1) is 0 Å².